The smallest absolute Gasteiger partial charge is 0.407 e. The van der Waals surface area contributed by atoms with Gasteiger partial charge < -0.3 is 20.1 Å². The third kappa shape index (κ3) is 4.75. The molecule has 3 aromatic carbocycles. The number of carbonyl (C=O) groups is 1. The summed E-state index contributed by atoms with van der Waals surface area (Å²) in [6.45, 7) is 6.05. The SMILES string of the molecule is COc1ccc2nc3ccc(C)cc3c(Nc3cccc(COC(=O)NC(C)C)c3)c2c1. The van der Waals surface area contributed by atoms with Gasteiger partial charge in [-0.15, -0.1) is 0 Å². The van der Waals surface area contributed by atoms with Crippen LogP contribution in [0.25, 0.3) is 21.8 Å². The van der Waals surface area contributed by atoms with Crippen LogP contribution in [0.3, 0.4) is 0 Å². The Morgan fingerprint density at radius 1 is 1.00 bits per heavy atom. The maximum absolute atomic E-state index is 11.8. The number of nitrogens with zero attached hydrogens (tertiary/aromatic N) is 1. The number of rotatable bonds is 6. The lowest BCUT2D eigenvalue weighted by atomic mass is 10.0. The monoisotopic (exact) mass is 429 g/mol. The Morgan fingerprint density at radius 3 is 2.50 bits per heavy atom. The molecule has 0 atom stereocenters. The zero-order valence-corrected chi connectivity index (χ0v) is 18.7. The molecule has 1 heterocycles. The molecule has 0 fully saturated rings. The lowest BCUT2D eigenvalue weighted by Crippen LogP contribution is -2.30. The molecule has 0 radical (unpaired) electrons. The van der Waals surface area contributed by atoms with Crippen molar-refractivity contribution in [2.45, 2.75) is 33.4 Å². The lowest BCUT2D eigenvalue weighted by molar-refractivity contribution is 0.137. The normalized spacial score (nSPS) is 11.0. The van der Waals surface area contributed by atoms with E-state index in [-0.39, 0.29) is 12.6 Å². The molecule has 0 bridgehead atoms. The van der Waals surface area contributed by atoms with Gasteiger partial charge in [0, 0.05) is 22.5 Å². The maximum atomic E-state index is 11.8. The highest BCUT2D eigenvalue weighted by Gasteiger charge is 2.12. The van der Waals surface area contributed by atoms with E-state index in [9.17, 15) is 4.79 Å². The van der Waals surface area contributed by atoms with E-state index >= 15 is 0 Å². The van der Waals surface area contributed by atoms with Crippen LogP contribution in [-0.2, 0) is 11.3 Å². The van der Waals surface area contributed by atoms with Crippen molar-refractivity contribution in [2.24, 2.45) is 0 Å². The molecule has 2 N–H and O–H groups in total. The summed E-state index contributed by atoms with van der Waals surface area (Å²) in [6, 6.07) is 20.0. The quantitative estimate of drug-likeness (QED) is 0.363. The first-order valence-corrected chi connectivity index (χ1v) is 10.6. The van der Waals surface area contributed by atoms with Crippen LogP contribution in [0, 0.1) is 6.92 Å². The van der Waals surface area contributed by atoms with Crippen molar-refractivity contribution >= 4 is 39.3 Å². The number of alkyl carbamates (subject to hydrolysis) is 1. The molecule has 1 amide bonds. The second-order valence-corrected chi connectivity index (χ2v) is 8.09. The van der Waals surface area contributed by atoms with E-state index in [1.165, 1.54) is 0 Å². The van der Waals surface area contributed by atoms with Crippen molar-refractivity contribution in [1.82, 2.24) is 10.3 Å². The molecular weight excluding hydrogens is 402 g/mol. The van der Waals surface area contributed by atoms with Crippen molar-refractivity contribution in [3.63, 3.8) is 0 Å². The summed E-state index contributed by atoms with van der Waals surface area (Å²) in [5.41, 5.74) is 5.71. The van der Waals surface area contributed by atoms with E-state index in [0.717, 1.165) is 50.1 Å². The number of carbonyl (C=O) groups excluding carboxylic acids is 1. The largest absolute Gasteiger partial charge is 0.497 e. The minimum absolute atomic E-state index is 0.0317. The Labute approximate surface area is 187 Å². The Morgan fingerprint density at radius 2 is 1.75 bits per heavy atom. The molecule has 0 aliphatic carbocycles. The number of fused-ring (bicyclic) bond motifs is 2. The van der Waals surface area contributed by atoms with Gasteiger partial charge in [0.1, 0.15) is 12.4 Å². The minimum atomic E-state index is -0.424. The molecule has 0 aliphatic heterocycles. The van der Waals surface area contributed by atoms with Gasteiger partial charge in [0.25, 0.3) is 0 Å². The van der Waals surface area contributed by atoms with Gasteiger partial charge >= 0.3 is 6.09 Å². The van der Waals surface area contributed by atoms with E-state index in [4.69, 9.17) is 14.5 Å². The van der Waals surface area contributed by atoms with Crippen molar-refractivity contribution in [1.29, 1.82) is 0 Å². The number of methoxy groups -OCH3 is 1. The number of aryl methyl sites for hydroxylation is 1. The van der Waals surface area contributed by atoms with Gasteiger partial charge in [0.05, 0.1) is 23.8 Å². The number of hydrogen-bond donors (Lipinski definition) is 2. The second kappa shape index (κ2) is 9.14. The number of nitrogens with one attached hydrogen (secondary N) is 2. The van der Waals surface area contributed by atoms with Gasteiger partial charge in [-0.1, -0.05) is 23.8 Å². The third-order valence-electron chi connectivity index (χ3n) is 5.11. The molecule has 0 unspecified atom stereocenters. The van der Waals surface area contributed by atoms with Crippen LogP contribution >= 0.6 is 0 Å². The highest BCUT2D eigenvalue weighted by atomic mass is 16.5. The standard InChI is InChI=1S/C26H27N3O3/c1-16(2)27-26(30)32-15-18-6-5-7-19(13-18)28-25-21-12-17(3)8-10-23(21)29-24-11-9-20(31-4)14-22(24)25/h5-14,16H,15H2,1-4H3,(H,27,30)(H,28,29). The molecular formula is C26H27N3O3. The van der Waals surface area contributed by atoms with Crippen molar-refractivity contribution < 1.29 is 14.3 Å². The Balaban J connectivity index is 1.71. The fourth-order valence-corrected chi connectivity index (χ4v) is 3.61. The second-order valence-electron chi connectivity index (χ2n) is 8.09. The highest BCUT2D eigenvalue weighted by molar-refractivity contribution is 6.09. The first kappa shape index (κ1) is 21.4. The van der Waals surface area contributed by atoms with Crippen molar-refractivity contribution in [2.75, 3.05) is 12.4 Å². The van der Waals surface area contributed by atoms with E-state index in [1.807, 2.05) is 62.4 Å². The number of benzene rings is 3. The fraction of sp³-hybridized carbons (Fsp3) is 0.231. The topological polar surface area (TPSA) is 72.5 Å². The van der Waals surface area contributed by atoms with Gasteiger partial charge in [-0.3, -0.25) is 0 Å². The number of amides is 1. The molecule has 1 aromatic heterocycles. The van der Waals surface area contributed by atoms with E-state index in [0.29, 0.717) is 0 Å². The fourth-order valence-electron chi connectivity index (χ4n) is 3.61. The molecule has 6 heteroatoms. The van der Waals surface area contributed by atoms with Gasteiger partial charge in [0.15, 0.2) is 0 Å². The summed E-state index contributed by atoms with van der Waals surface area (Å²) in [4.78, 5) is 16.6. The zero-order chi connectivity index (χ0) is 22.7. The summed E-state index contributed by atoms with van der Waals surface area (Å²) in [6.07, 6.45) is -0.424. The number of aromatic nitrogens is 1. The van der Waals surface area contributed by atoms with Crippen LogP contribution in [0.2, 0.25) is 0 Å². The molecule has 4 aromatic rings. The van der Waals surface area contributed by atoms with Gasteiger partial charge in [-0.25, -0.2) is 9.78 Å². The predicted octanol–water partition coefficient (Wildman–Crippen LogP) is 6.08. The zero-order valence-electron chi connectivity index (χ0n) is 18.7. The Hall–Kier alpha value is -3.80. The lowest BCUT2D eigenvalue weighted by Gasteiger charge is -2.15. The molecule has 0 spiro atoms. The summed E-state index contributed by atoms with van der Waals surface area (Å²) in [5.74, 6) is 0.771. The number of ether oxygens (including phenoxy) is 2. The summed E-state index contributed by atoms with van der Waals surface area (Å²) in [7, 11) is 1.66. The van der Waals surface area contributed by atoms with Crippen molar-refractivity contribution in [3.8, 4) is 5.75 Å². The molecule has 0 saturated heterocycles. The molecule has 6 nitrogen and oxygen atoms in total. The molecule has 164 valence electrons. The van der Waals surface area contributed by atoms with Gasteiger partial charge in [-0.2, -0.15) is 0 Å². The average Bonchev–Trinajstić information content (AvgIpc) is 2.77. The Kier molecular flexibility index (Phi) is 6.12. The summed E-state index contributed by atoms with van der Waals surface area (Å²) >= 11 is 0. The van der Waals surface area contributed by atoms with Gasteiger partial charge in [0.2, 0.25) is 0 Å². The van der Waals surface area contributed by atoms with Crippen LogP contribution in [0.15, 0.2) is 60.7 Å². The van der Waals surface area contributed by atoms with Crippen molar-refractivity contribution in [3.05, 3.63) is 71.8 Å². The first-order valence-electron chi connectivity index (χ1n) is 10.6. The highest BCUT2D eigenvalue weighted by Crippen LogP contribution is 2.35. The van der Waals surface area contributed by atoms with Crippen LogP contribution in [0.1, 0.15) is 25.0 Å². The number of anilines is 2. The molecule has 4 rings (SSSR count). The predicted molar refractivity (Wildman–Crippen MR) is 129 cm³/mol. The van der Waals surface area contributed by atoms with Crippen LogP contribution in [0.4, 0.5) is 16.2 Å². The van der Waals surface area contributed by atoms with E-state index in [2.05, 4.69) is 29.7 Å². The number of hydrogen-bond acceptors (Lipinski definition) is 5. The number of pyridine rings is 1. The minimum Gasteiger partial charge on any atom is -0.497 e. The third-order valence-corrected chi connectivity index (χ3v) is 5.11. The summed E-state index contributed by atoms with van der Waals surface area (Å²) < 4.78 is 10.8. The van der Waals surface area contributed by atoms with Crippen LogP contribution < -0.4 is 15.4 Å². The molecule has 0 aliphatic rings. The average molecular weight is 430 g/mol. The van der Waals surface area contributed by atoms with E-state index < -0.39 is 6.09 Å². The molecule has 0 saturated carbocycles. The maximum Gasteiger partial charge on any atom is 0.407 e. The molecule has 32 heavy (non-hydrogen) atoms. The first-order chi connectivity index (χ1) is 15.4. The van der Waals surface area contributed by atoms with Crippen LogP contribution in [0.5, 0.6) is 5.75 Å². The summed E-state index contributed by atoms with van der Waals surface area (Å²) in [5, 5.41) is 8.31. The van der Waals surface area contributed by atoms with Crippen LogP contribution in [-0.4, -0.2) is 24.2 Å². The Bertz CT molecular complexity index is 1280. The van der Waals surface area contributed by atoms with Gasteiger partial charge in [-0.05, 0) is 68.8 Å². The van der Waals surface area contributed by atoms with E-state index in [1.54, 1.807) is 7.11 Å².